The topological polar surface area (TPSA) is 90.2 Å². The van der Waals surface area contributed by atoms with Crippen molar-refractivity contribution >= 4 is 16.8 Å². The molecule has 8 heteroatoms. The quantitative estimate of drug-likeness (QED) is 0.670. The molecule has 1 saturated heterocycles. The number of nitrogens with zero attached hydrogens (tertiary/aromatic N) is 5. The highest BCUT2D eigenvalue weighted by Gasteiger charge is 2.25. The lowest BCUT2D eigenvalue weighted by Crippen LogP contribution is -2.44. The third-order valence-electron chi connectivity index (χ3n) is 4.84. The number of fused-ring (bicyclic) bond motifs is 1. The van der Waals surface area contributed by atoms with Crippen LogP contribution in [0.5, 0.6) is 6.01 Å². The van der Waals surface area contributed by atoms with Crippen molar-refractivity contribution in [3.63, 3.8) is 0 Å². The number of likely N-dealkylation sites (tertiary alicyclic amines) is 1. The molecule has 1 amide bonds. The number of carbonyl (C=O) groups is 1. The molecule has 0 radical (unpaired) electrons. The van der Waals surface area contributed by atoms with Gasteiger partial charge in [0.2, 0.25) is 5.91 Å². The maximum atomic E-state index is 12.6. The maximum absolute atomic E-state index is 12.6. The Bertz CT molecular complexity index is 1020. The zero-order chi connectivity index (χ0) is 19.3. The zero-order valence-electron chi connectivity index (χ0n) is 15.4. The van der Waals surface area contributed by atoms with Crippen LogP contribution in [0.1, 0.15) is 19.3 Å². The Balaban J connectivity index is 1.37. The van der Waals surface area contributed by atoms with E-state index in [1.54, 1.807) is 35.5 Å². The van der Waals surface area contributed by atoms with E-state index in [4.69, 9.17) is 4.74 Å². The van der Waals surface area contributed by atoms with Gasteiger partial charge in [0.1, 0.15) is 6.10 Å². The third kappa shape index (κ3) is 4.00. The number of aryl methyl sites for hydroxylation is 1. The minimum atomic E-state index is -0.125. The van der Waals surface area contributed by atoms with Crippen LogP contribution in [0.25, 0.3) is 10.9 Å². The van der Waals surface area contributed by atoms with E-state index in [1.807, 2.05) is 12.1 Å². The first-order valence-electron chi connectivity index (χ1n) is 9.36. The Labute approximate surface area is 161 Å². The molecular formula is C20H21N5O3. The average molecular weight is 379 g/mol. The molecule has 1 atom stereocenters. The van der Waals surface area contributed by atoms with Crippen LogP contribution >= 0.6 is 0 Å². The zero-order valence-corrected chi connectivity index (χ0v) is 15.4. The van der Waals surface area contributed by atoms with Crippen molar-refractivity contribution in [1.82, 2.24) is 24.4 Å². The van der Waals surface area contributed by atoms with Crippen LogP contribution in [0.3, 0.4) is 0 Å². The molecule has 1 fully saturated rings. The van der Waals surface area contributed by atoms with Gasteiger partial charge < -0.3 is 9.64 Å². The van der Waals surface area contributed by atoms with Crippen LogP contribution in [-0.4, -0.2) is 49.5 Å². The van der Waals surface area contributed by atoms with Crippen molar-refractivity contribution in [2.24, 2.45) is 0 Å². The number of benzene rings is 1. The number of aromatic nitrogens is 4. The molecule has 1 aliphatic rings. The second kappa shape index (κ2) is 8.16. The highest BCUT2D eigenvalue weighted by atomic mass is 16.5. The Hall–Kier alpha value is -3.29. The normalized spacial score (nSPS) is 16.9. The van der Waals surface area contributed by atoms with Gasteiger partial charge in [-0.2, -0.15) is 0 Å². The smallest absolute Gasteiger partial charge is 0.316 e. The van der Waals surface area contributed by atoms with Gasteiger partial charge in [0.15, 0.2) is 0 Å². The number of para-hydroxylation sites is 1. The molecule has 0 bridgehead atoms. The van der Waals surface area contributed by atoms with Gasteiger partial charge in [0, 0.05) is 31.9 Å². The second-order valence-corrected chi connectivity index (χ2v) is 6.76. The van der Waals surface area contributed by atoms with Gasteiger partial charge in [-0.25, -0.2) is 15.0 Å². The molecule has 0 unspecified atom stereocenters. The van der Waals surface area contributed by atoms with E-state index in [-0.39, 0.29) is 24.0 Å². The molecule has 28 heavy (non-hydrogen) atoms. The molecule has 1 aromatic carbocycles. The van der Waals surface area contributed by atoms with E-state index in [2.05, 4.69) is 15.0 Å². The van der Waals surface area contributed by atoms with E-state index in [0.29, 0.717) is 36.5 Å². The summed E-state index contributed by atoms with van der Waals surface area (Å²) in [6.45, 7) is 1.50. The number of hydrogen-bond acceptors (Lipinski definition) is 6. The summed E-state index contributed by atoms with van der Waals surface area (Å²) < 4.78 is 7.28. The van der Waals surface area contributed by atoms with Gasteiger partial charge in [-0.15, -0.1) is 0 Å². The first-order chi connectivity index (χ1) is 13.7. The van der Waals surface area contributed by atoms with Gasteiger partial charge in [-0.05, 0) is 31.0 Å². The monoisotopic (exact) mass is 379 g/mol. The summed E-state index contributed by atoms with van der Waals surface area (Å²) in [6.07, 6.45) is 6.61. The van der Waals surface area contributed by atoms with Gasteiger partial charge >= 0.3 is 6.01 Å². The summed E-state index contributed by atoms with van der Waals surface area (Å²) >= 11 is 0. The van der Waals surface area contributed by atoms with Crippen LogP contribution in [0.15, 0.2) is 53.8 Å². The van der Waals surface area contributed by atoms with Crippen molar-refractivity contribution < 1.29 is 9.53 Å². The summed E-state index contributed by atoms with van der Waals surface area (Å²) in [6, 6.07) is 9.27. The van der Waals surface area contributed by atoms with Crippen LogP contribution in [0, 0.1) is 0 Å². The fourth-order valence-electron chi connectivity index (χ4n) is 3.40. The number of amides is 1. The Morgan fingerprint density at radius 1 is 1.14 bits per heavy atom. The highest BCUT2D eigenvalue weighted by molar-refractivity contribution is 5.77. The van der Waals surface area contributed by atoms with E-state index >= 15 is 0 Å². The number of hydrogen-bond donors (Lipinski definition) is 0. The van der Waals surface area contributed by atoms with Gasteiger partial charge in [-0.3, -0.25) is 14.2 Å². The van der Waals surface area contributed by atoms with Crippen LogP contribution in [0.4, 0.5) is 0 Å². The third-order valence-corrected chi connectivity index (χ3v) is 4.84. The molecule has 0 spiro atoms. The predicted molar refractivity (Wildman–Crippen MR) is 103 cm³/mol. The SMILES string of the molecule is O=C(CCn1cnc2ccccc2c1=O)N1CCC[C@@H](Oc2ncccn2)C1. The molecule has 3 aromatic rings. The summed E-state index contributed by atoms with van der Waals surface area (Å²) in [4.78, 5) is 39.4. The van der Waals surface area contributed by atoms with Crippen LogP contribution < -0.4 is 10.3 Å². The standard InChI is InChI=1S/C20H21N5O3/c26-18(8-12-25-14-23-17-7-2-1-6-16(17)19(25)27)24-11-3-5-15(13-24)28-20-21-9-4-10-22-20/h1-2,4,6-7,9-10,14-15H,3,5,8,11-13H2/t15-/m1/s1. The molecule has 144 valence electrons. The van der Waals surface area contributed by atoms with Crippen molar-refractivity contribution in [2.45, 2.75) is 31.9 Å². The minimum Gasteiger partial charge on any atom is -0.458 e. The lowest BCUT2D eigenvalue weighted by molar-refractivity contribution is -0.134. The van der Waals surface area contributed by atoms with Gasteiger partial charge in [0.25, 0.3) is 5.56 Å². The molecule has 8 nitrogen and oxygen atoms in total. The Morgan fingerprint density at radius 3 is 2.82 bits per heavy atom. The summed E-state index contributed by atoms with van der Waals surface area (Å²) in [7, 11) is 0. The van der Waals surface area contributed by atoms with Crippen molar-refractivity contribution in [2.75, 3.05) is 13.1 Å². The lowest BCUT2D eigenvalue weighted by atomic mass is 10.1. The molecule has 0 aliphatic carbocycles. The first-order valence-corrected chi connectivity index (χ1v) is 9.36. The van der Waals surface area contributed by atoms with Crippen molar-refractivity contribution in [3.8, 4) is 6.01 Å². The van der Waals surface area contributed by atoms with E-state index in [9.17, 15) is 9.59 Å². The number of ether oxygens (including phenoxy) is 1. The lowest BCUT2D eigenvalue weighted by Gasteiger charge is -2.32. The fourth-order valence-corrected chi connectivity index (χ4v) is 3.40. The molecule has 4 rings (SSSR count). The highest BCUT2D eigenvalue weighted by Crippen LogP contribution is 2.16. The number of carbonyl (C=O) groups excluding carboxylic acids is 1. The predicted octanol–water partition coefficient (Wildman–Crippen LogP) is 1.65. The summed E-state index contributed by atoms with van der Waals surface area (Å²) in [5.74, 6) is 0.00217. The molecular weight excluding hydrogens is 358 g/mol. The van der Waals surface area contributed by atoms with Crippen LogP contribution in [-0.2, 0) is 11.3 Å². The molecule has 1 aliphatic heterocycles. The molecule has 2 aromatic heterocycles. The summed E-state index contributed by atoms with van der Waals surface area (Å²) in [5.41, 5.74) is 0.536. The Kier molecular flexibility index (Phi) is 5.27. The number of piperidine rings is 1. The molecule has 0 saturated carbocycles. The van der Waals surface area contributed by atoms with Crippen molar-refractivity contribution in [1.29, 1.82) is 0 Å². The Morgan fingerprint density at radius 2 is 1.96 bits per heavy atom. The van der Waals surface area contributed by atoms with Gasteiger partial charge in [0.05, 0.1) is 23.8 Å². The minimum absolute atomic E-state index is 0.00217. The van der Waals surface area contributed by atoms with E-state index in [1.165, 1.54) is 10.9 Å². The van der Waals surface area contributed by atoms with Crippen LogP contribution in [0.2, 0.25) is 0 Å². The molecule has 0 N–H and O–H groups in total. The van der Waals surface area contributed by atoms with Crippen molar-refractivity contribution in [3.05, 3.63) is 59.4 Å². The fraction of sp³-hybridized carbons (Fsp3) is 0.350. The largest absolute Gasteiger partial charge is 0.458 e. The summed E-state index contributed by atoms with van der Waals surface area (Å²) in [5, 5.41) is 0.562. The van der Waals surface area contributed by atoms with E-state index in [0.717, 1.165) is 12.8 Å². The average Bonchev–Trinajstić information content (AvgIpc) is 2.74. The first kappa shape index (κ1) is 18.1. The molecule has 3 heterocycles. The number of rotatable bonds is 5. The van der Waals surface area contributed by atoms with E-state index < -0.39 is 0 Å². The maximum Gasteiger partial charge on any atom is 0.316 e. The second-order valence-electron chi connectivity index (χ2n) is 6.76. The van der Waals surface area contributed by atoms with Gasteiger partial charge in [-0.1, -0.05) is 12.1 Å².